The number of anilines is 1. The number of hydrogen-bond acceptors (Lipinski definition) is 5. The highest BCUT2D eigenvalue weighted by Gasteiger charge is 2.22. The highest BCUT2D eigenvalue weighted by molar-refractivity contribution is 5.92. The zero-order chi connectivity index (χ0) is 20.6. The topological polar surface area (TPSA) is 81.5 Å². The van der Waals surface area contributed by atoms with Gasteiger partial charge < -0.3 is 19.4 Å². The van der Waals surface area contributed by atoms with E-state index < -0.39 is 0 Å². The minimum Gasteiger partial charge on any atom is -0.497 e. The molecule has 0 atom stereocenters. The average molecular weight is 402 g/mol. The van der Waals surface area contributed by atoms with Crippen molar-refractivity contribution in [2.45, 2.75) is 58.5 Å². The number of methoxy groups -OCH3 is 2. The Hall–Kier alpha value is -2.77. The fourth-order valence-corrected chi connectivity index (χ4v) is 3.50. The van der Waals surface area contributed by atoms with Gasteiger partial charge in [-0.25, -0.2) is 4.79 Å². The summed E-state index contributed by atoms with van der Waals surface area (Å²) in [7, 11) is 3.20. The van der Waals surface area contributed by atoms with Gasteiger partial charge in [0.2, 0.25) is 0 Å². The second kappa shape index (κ2) is 10.1. The number of hydrogen-bond donors (Lipinski definition) is 1. The van der Waals surface area contributed by atoms with Gasteiger partial charge in [-0.1, -0.05) is 19.8 Å². The second-order valence-electron chi connectivity index (χ2n) is 7.24. The summed E-state index contributed by atoms with van der Waals surface area (Å²) in [5, 5.41) is 11.8. The van der Waals surface area contributed by atoms with Gasteiger partial charge in [0.15, 0.2) is 5.82 Å². The minimum atomic E-state index is -0.167. The first-order chi connectivity index (χ1) is 14.2. The van der Waals surface area contributed by atoms with Gasteiger partial charge in [0.25, 0.3) is 0 Å². The summed E-state index contributed by atoms with van der Waals surface area (Å²) in [6, 6.07) is 5.29. The summed E-state index contributed by atoms with van der Waals surface area (Å²) >= 11 is 0. The molecule has 2 heterocycles. The van der Waals surface area contributed by atoms with E-state index in [2.05, 4.69) is 27.0 Å². The number of carbonyl (C=O) groups is 1. The van der Waals surface area contributed by atoms with E-state index in [9.17, 15) is 4.79 Å². The van der Waals surface area contributed by atoms with Crippen LogP contribution in [0, 0.1) is 0 Å². The molecular weight excluding hydrogens is 370 g/mol. The number of fused-ring (bicyclic) bond motifs is 1. The Balaban J connectivity index is 1.92. The highest BCUT2D eigenvalue weighted by Crippen LogP contribution is 2.29. The number of ether oxygens (including phenoxy) is 2. The van der Waals surface area contributed by atoms with E-state index >= 15 is 0 Å². The summed E-state index contributed by atoms with van der Waals surface area (Å²) in [6.45, 7) is 3.96. The van der Waals surface area contributed by atoms with Gasteiger partial charge in [-0.15, -0.1) is 10.2 Å². The molecule has 2 amide bonds. The van der Waals surface area contributed by atoms with Gasteiger partial charge in [-0.05, 0) is 19.3 Å². The van der Waals surface area contributed by atoms with Crippen LogP contribution in [-0.2, 0) is 19.5 Å². The van der Waals surface area contributed by atoms with E-state index in [0.717, 1.165) is 50.3 Å². The molecule has 0 fully saturated rings. The maximum Gasteiger partial charge on any atom is 0.322 e. The van der Waals surface area contributed by atoms with Crippen LogP contribution in [0.25, 0.3) is 0 Å². The molecule has 1 N–H and O–H groups in total. The predicted octanol–water partition coefficient (Wildman–Crippen LogP) is 3.54. The number of nitrogens with one attached hydrogen (secondary N) is 1. The van der Waals surface area contributed by atoms with Crippen molar-refractivity contribution in [1.29, 1.82) is 0 Å². The highest BCUT2D eigenvalue weighted by atomic mass is 16.5. The van der Waals surface area contributed by atoms with Crippen LogP contribution in [0.5, 0.6) is 11.5 Å². The number of urea groups is 1. The van der Waals surface area contributed by atoms with Crippen LogP contribution in [0.4, 0.5) is 10.5 Å². The smallest absolute Gasteiger partial charge is 0.322 e. The molecule has 0 bridgehead atoms. The minimum absolute atomic E-state index is 0.167. The molecule has 1 aromatic carbocycles. The first kappa shape index (κ1) is 21.0. The van der Waals surface area contributed by atoms with Gasteiger partial charge in [0, 0.05) is 37.7 Å². The molecule has 29 heavy (non-hydrogen) atoms. The van der Waals surface area contributed by atoms with E-state index in [1.54, 1.807) is 25.2 Å². The summed E-state index contributed by atoms with van der Waals surface area (Å²) in [5.74, 6) is 3.07. The van der Waals surface area contributed by atoms with Crippen molar-refractivity contribution in [3.8, 4) is 11.5 Å². The standard InChI is InChI=1S/C21H31N5O3/c1-4-5-10-22-21(27)26(16-12-17(28-2)14-18(13-16)29-3)15-20-24-23-19-9-7-6-8-11-25(19)20/h12-14H,4-11,15H2,1-3H3,(H,22,27). The Bertz CT molecular complexity index is 798. The molecule has 0 unspecified atom stereocenters. The Morgan fingerprint density at radius 2 is 1.90 bits per heavy atom. The molecule has 1 aromatic heterocycles. The lowest BCUT2D eigenvalue weighted by Crippen LogP contribution is -2.40. The molecule has 0 spiro atoms. The number of amides is 2. The SMILES string of the molecule is CCCCNC(=O)N(Cc1nnc2n1CCCCC2)c1cc(OC)cc(OC)c1. The quantitative estimate of drug-likeness (QED) is 0.684. The Morgan fingerprint density at radius 1 is 1.14 bits per heavy atom. The largest absolute Gasteiger partial charge is 0.497 e. The summed E-state index contributed by atoms with van der Waals surface area (Å²) in [4.78, 5) is 14.7. The molecule has 0 radical (unpaired) electrons. The normalized spacial score (nSPS) is 13.3. The van der Waals surface area contributed by atoms with Crippen LogP contribution in [-0.4, -0.2) is 41.6 Å². The zero-order valence-corrected chi connectivity index (χ0v) is 17.6. The van der Waals surface area contributed by atoms with Gasteiger partial charge >= 0.3 is 6.03 Å². The maximum atomic E-state index is 13.1. The number of aromatic nitrogens is 3. The molecule has 158 valence electrons. The molecular formula is C21H31N5O3. The number of rotatable bonds is 8. The third kappa shape index (κ3) is 5.19. The second-order valence-corrected chi connectivity index (χ2v) is 7.24. The van der Waals surface area contributed by atoms with E-state index in [0.29, 0.717) is 30.3 Å². The van der Waals surface area contributed by atoms with Crippen LogP contribution in [0.3, 0.4) is 0 Å². The number of nitrogens with zero attached hydrogens (tertiary/aromatic N) is 4. The number of carbonyl (C=O) groups excluding carboxylic acids is 1. The van der Waals surface area contributed by atoms with Crippen molar-refractivity contribution in [2.24, 2.45) is 0 Å². The molecule has 8 nitrogen and oxygen atoms in total. The van der Waals surface area contributed by atoms with Crippen molar-refractivity contribution < 1.29 is 14.3 Å². The first-order valence-electron chi connectivity index (χ1n) is 10.4. The molecule has 3 rings (SSSR count). The Kier molecular flexibility index (Phi) is 7.32. The zero-order valence-electron chi connectivity index (χ0n) is 17.6. The number of benzene rings is 1. The lowest BCUT2D eigenvalue weighted by Gasteiger charge is -2.24. The fraction of sp³-hybridized carbons (Fsp3) is 0.571. The molecule has 0 aliphatic carbocycles. The first-order valence-corrected chi connectivity index (χ1v) is 10.4. The molecule has 8 heteroatoms. The van der Waals surface area contributed by atoms with E-state index in [-0.39, 0.29) is 6.03 Å². The van der Waals surface area contributed by atoms with Gasteiger partial charge in [-0.3, -0.25) is 4.90 Å². The molecule has 2 aromatic rings. The van der Waals surface area contributed by atoms with Crippen LogP contribution in [0.1, 0.15) is 50.7 Å². The summed E-state index contributed by atoms with van der Waals surface area (Å²) in [5.41, 5.74) is 0.696. The molecule has 0 saturated carbocycles. The van der Waals surface area contributed by atoms with Crippen LogP contribution >= 0.6 is 0 Å². The van der Waals surface area contributed by atoms with Crippen molar-refractivity contribution >= 4 is 11.7 Å². The van der Waals surface area contributed by atoms with Crippen molar-refractivity contribution in [3.63, 3.8) is 0 Å². The lowest BCUT2D eigenvalue weighted by atomic mass is 10.2. The molecule has 0 saturated heterocycles. The van der Waals surface area contributed by atoms with E-state index in [1.807, 2.05) is 12.1 Å². The molecule has 1 aliphatic rings. The van der Waals surface area contributed by atoms with E-state index in [4.69, 9.17) is 9.47 Å². The summed E-state index contributed by atoms with van der Waals surface area (Å²) < 4.78 is 13.0. The third-order valence-corrected chi connectivity index (χ3v) is 5.19. The fourth-order valence-electron chi connectivity index (χ4n) is 3.50. The average Bonchev–Trinajstić information content (AvgIpc) is 2.96. The van der Waals surface area contributed by atoms with Gasteiger partial charge in [0.1, 0.15) is 17.3 Å². The van der Waals surface area contributed by atoms with Crippen LogP contribution in [0.15, 0.2) is 18.2 Å². The Morgan fingerprint density at radius 3 is 2.59 bits per heavy atom. The van der Waals surface area contributed by atoms with Crippen molar-refractivity contribution in [1.82, 2.24) is 20.1 Å². The number of aryl methyl sites for hydroxylation is 1. The van der Waals surface area contributed by atoms with Crippen LogP contribution in [0.2, 0.25) is 0 Å². The predicted molar refractivity (Wildman–Crippen MR) is 112 cm³/mol. The third-order valence-electron chi connectivity index (χ3n) is 5.19. The van der Waals surface area contributed by atoms with Crippen LogP contribution < -0.4 is 19.7 Å². The maximum absolute atomic E-state index is 13.1. The van der Waals surface area contributed by atoms with Gasteiger partial charge in [0.05, 0.1) is 26.5 Å². The van der Waals surface area contributed by atoms with Gasteiger partial charge in [-0.2, -0.15) is 0 Å². The van der Waals surface area contributed by atoms with Crippen molar-refractivity contribution in [2.75, 3.05) is 25.7 Å². The lowest BCUT2D eigenvalue weighted by molar-refractivity contribution is 0.245. The molecule has 1 aliphatic heterocycles. The van der Waals surface area contributed by atoms with Crippen molar-refractivity contribution in [3.05, 3.63) is 29.8 Å². The van der Waals surface area contributed by atoms with E-state index in [1.165, 1.54) is 6.42 Å². The Labute approximate surface area is 172 Å². The summed E-state index contributed by atoms with van der Waals surface area (Å²) in [6.07, 6.45) is 6.31. The number of unbranched alkanes of at least 4 members (excludes halogenated alkanes) is 1. The monoisotopic (exact) mass is 401 g/mol.